The van der Waals surface area contributed by atoms with Gasteiger partial charge in [0.25, 0.3) is 0 Å². The summed E-state index contributed by atoms with van der Waals surface area (Å²) >= 11 is 0. The van der Waals surface area contributed by atoms with Gasteiger partial charge in [-0.3, -0.25) is 4.79 Å². The van der Waals surface area contributed by atoms with Crippen molar-refractivity contribution in [2.75, 3.05) is 0 Å². The molecule has 2 N–H and O–H groups in total. The minimum atomic E-state index is -0.625. The third-order valence-electron chi connectivity index (χ3n) is 10.3. The molecule has 0 unspecified atom stereocenters. The van der Waals surface area contributed by atoms with Crippen LogP contribution in [0.25, 0.3) is 0 Å². The van der Waals surface area contributed by atoms with Gasteiger partial charge in [-0.15, -0.1) is 0 Å². The number of ketones is 1. The fourth-order valence-electron chi connectivity index (χ4n) is 7.80. The maximum Gasteiger partial charge on any atom is 0.139 e. The molecule has 0 aromatic carbocycles. The molecule has 6 atom stereocenters. The van der Waals surface area contributed by atoms with Crippen molar-refractivity contribution < 1.29 is 15.0 Å². The number of fused-ring (bicyclic) bond motifs is 1. The van der Waals surface area contributed by atoms with Crippen molar-refractivity contribution in [1.82, 2.24) is 0 Å². The van der Waals surface area contributed by atoms with Crippen molar-refractivity contribution >= 4 is 5.78 Å². The van der Waals surface area contributed by atoms with Gasteiger partial charge in [-0.2, -0.15) is 0 Å². The van der Waals surface area contributed by atoms with Gasteiger partial charge in [0, 0.05) is 18.3 Å². The molecule has 3 nitrogen and oxygen atoms in total. The van der Waals surface area contributed by atoms with E-state index in [1.54, 1.807) is 5.57 Å². The van der Waals surface area contributed by atoms with Crippen molar-refractivity contribution in [3.05, 3.63) is 47.6 Å². The predicted molar refractivity (Wildman–Crippen MR) is 148 cm³/mol. The lowest BCUT2D eigenvalue weighted by molar-refractivity contribution is -0.124. The number of rotatable bonds is 10. The molecule has 4 aliphatic carbocycles. The lowest BCUT2D eigenvalue weighted by Gasteiger charge is -2.44. The Morgan fingerprint density at radius 3 is 2.67 bits per heavy atom. The smallest absolute Gasteiger partial charge is 0.139 e. The van der Waals surface area contributed by atoms with E-state index in [1.165, 1.54) is 38.5 Å². The normalized spacial score (nSPS) is 37.0. The van der Waals surface area contributed by atoms with Crippen LogP contribution in [0.1, 0.15) is 111 Å². The molecule has 200 valence electrons. The van der Waals surface area contributed by atoms with Crippen LogP contribution in [0.15, 0.2) is 47.6 Å². The van der Waals surface area contributed by atoms with E-state index in [0.717, 1.165) is 49.7 Å². The molecule has 4 saturated carbocycles. The van der Waals surface area contributed by atoms with E-state index in [9.17, 15) is 15.0 Å². The number of aliphatic hydroxyl groups excluding tert-OH is 2. The molecule has 0 aromatic heterocycles. The van der Waals surface area contributed by atoms with Gasteiger partial charge < -0.3 is 10.2 Å². The second-order valence-corrected chi connectivity index (χ2v) is 12.8. The maximum absolute atomic E-state index is 12.8. The lowest BCUT2D eigenvalue weighted by atomic mass is 9.61. The maximum atomic E-state index is 12.8. The van der Waals surface area contributed by atoms with Crippen LogP contribution in [-0.2, 0) is 4.79 Å². The summed E-state index contributed by atoms with van der Waals surface area (Å²) in [6.45, 7) is 11.2. The minimum absolute atomic E-state index is 0.0232. The number of Topliss-reactive ketones (excluding diaryl/α,β-unsaturated/α-hetero) is 1. The van der Waals surface area contributed by atoms with Crippen LogP contribution in [0.2, 0.25) is 0 Å². The van der Waals surface area contributed by atoms with Crippen LogP contribution in [0.4, 0.5) is 0 Å². The number of carbonyl (C=O) groups excluding carboxylic acids is 1. The van der Waals surface area contributed by atoms with Crippen LogP contribution in [0.5, 0.6) is 0 Å². The minimum Gasteiger partial charge on any atom is -0.393 e. The predicted octanol–water partition coefficient (Wildman–Crippen LogP) is 7.64. The summed E-state index contributed by atoms with van der Waals surface area (Å²) in [6, 6.07) is 0. The summed E-state index contributed by atoms with van der Waals surface area (Å²) in [6.07, 6.45) is 22.6. The van der Waals surface area contributed by atoms with Gasteiger partial charge in [0.15, 0.2) is 0 Å². The molecule has 4 aliphatic rings. The zero-order valence-corrected chi connectivity index (χ0v) is 23.1. The Morgan fingerprint density at radius 2 is 1.94 bits per heavy atom. The van der Waals surface area contributed by atoms with Gasteiger partial charge in [-0.25, -0.2) is 0 Å². The molecule has 0 amide bonds. The van der Waals surface area contributed by atoms with E-state index in [-0.39, 0.29) is 5.41 Å². The Morgan fingerprint density at radius 1 is 1.17 bits per heavy atom. The summed E-state index contributed by atoms with van der Waals surface area (Å²) in [7, 11) is 0. The first-order valence-corrected chi connectivity index (χ1v) is 14.8. The number of carbonyl (C=O) groups is 1. The summed E-state index contributed by atoms with van der Waals surface area (Å²) in [5.41, 5.74) is 3.63. The van der Waals surface area contributed by atoms with E-state index in [4.69, 9.17) is 0 Å². The van der Waals surface area contributed by atoms with E-state index in [2.05, 4.69) is 51.7 Å². The molecule has 0 aromatic rings. The third-order valence-corrected chi connectivity index (χ3v) is 10.3. The van der Waals surface area contributed by atoms with Gasteiger partial charge in [-0.05, 0) is 98.5 Å². The Bertz CT molecular complexity index is 904. The Hall–Kier alpha value is -1.45. The molecule has 0 saturated heterocycles. The van der Waals surface area contributed by atoms with Gasteiger partial charge in [0.1, 0.15) is 5.78 Å². The Kier molecular flexibility index (Phi) is 8.83. The SMILES string of the molecule is C=C1/C(=C\C=C2/CCC[C@]3(C)[C@@H]([C@H](C)/C=C/CC4(C(=O)CCCCC)CC4)CC[C@@H]23)C[C@@H](O)C[C@@H]1O. The lowest BCUT2D eigenvalue weighted by Crippen LogP contribution is -2.35. The molecule has 0 spiro atoms. The molecule has 0 bridgehead atoms. The fraction of sp³-hybridized carbons (Fsp3) is 0.727. The highest BCUT2D eigenvalue weighted by Gasteiger charge is 2.50. The first-order chi connectivity index (χ1) is 17.2. The molecule has 3 heteroatoms. The summed E-state index contributed by atoms with van der Waals surface area (Å²) in [5, 5.41) is 20.3. The molecule has 4 rings (SSSR count). The van der Waals surface area contributed by atoms with E-state index in [1.807, 2.05) is 0 Å². The van der Waals surface area contributed by atoms with Crippen LogP contribution < -0.4 is 0 Å². The topological polar surface area (TPSA) is 57.5 Å². The summed E-state index contributed by atoms with van der Waals surface area (Å²) < 4.78 is 0. The van der Waals surface area contributed by atoms with E-state index >= 15 is 0 Å². The second-order valence-electron chi connectivity index (χ2n) is 12.8. The average Bonchev–Trinajstić information content (AvgIpc) is 3.54. The number of aliphatic hydroxyl groups is 2. The number of hydrogen-bond donors (Lipinski definition) is 2. The number of unbranched alkanes of at least 4 members (excludes halogenated alkanes) is 2. The van der Waals surface area contributed by atoms with Crippen molar-refractivity contribution in [3.63, 3.8) is 0 Å². The van der Waals surface area contributed by atoms with Gasteiger partial charge >= 0.3 is 0 Å². The van der Waals surface area contributed by atoms with Gasteiger partial charge in [0.05, 0.1) is 12.2 Å². The summed E-state index contributed by atoms with van der Waals surface area (Å²) in [5.74, 6) is 2.34. The van der Waals surface area contributed by atoms with Gasteiger partial charge in [-0.1, -0.05) is 70.1 Å². The van der Waals surface area contributed by atoms with Crippen molar-refractivity contribution in [3.8, 4) is 0 Å². The van der Waals surface area contributed by atoms with Crippen LogP contribution >= 0.6 is 0 Å². The van der Waals surface area contributed by atoms with Crippen LogP contribution in [-0.4, -0.2) is 28.2 Å². The Balaban J connectivity index is 1.39. The average molecular weight is 495 g/mol. The standard InChI is InChI=1S/C33H50O3/c1-5-6-7-12-31(36)33(19-20-33)18-8-10-23(2)28-15-16-29-25(11-9-17-32(28,29)4)13-14-26-21-27(34)22-30(35)24(26)3/h8,10,13-14,23,27-30,34-35H,3,5-7,9,11-12,15-22H2,1-2,4H3/b10-8+,25-13+,26-14-/t23-,27-,28-,29+,30+,32-/m1/s1. The van der Waals surface area contributed by atoms with E-state index in [0.29, 0.717) is 41.8 Å². The molecule has 0 radical (unpaired) electrons. The summed E-state index contributed by atoms with van der Waals surface area (Å²) in [4.78, 5) is 12.8. The van der Waals surface area contributed by atoms with E-state index < -0.39 is 12.2 Å². The van der Waals surface area contributed by atoms with Crippen LogP contribution in [0.3, 0.4) is 0 Å². The molecule has 4 fully saturated rings. The van der Waals surface area contributed by atoms with Gasteiger partial charge in [0.2, 0.25) is 0 Å². The highest BCUT2D eigenvalue weighted by Crippen LogP contribution is 2.59. The van der Waals surface area contributed by atoms with Crippen molar-refractivity contribution in [2.45, 2.75) is 123 Å². The highest BCUT2D eigenvalue weighted by atomic mass is 16.3. The molecule has 0 heterocycles. The first kappa shape index (κ1) is 27.6. The number of allylic oxidation sites excluding steroid dienone is 5. The zero-order chi connectivity index (χ0) is 25.9. The molecule has 36 heavy (non-hydrogen) atoms. The highest BCUT2D eigenvalue weighted by molar-refractivity contribution is 5.87. The zero-order valence-electron chi connectivity index (χ0n) is 23.1. The third kappa shape index (κ3) is 5.83. The Labute approximate surface area is 219 Å². The largest absolute Gasteiger partial charge is 0.393 e. The molecular weight excluding hydrogens is 444 g/mol. The van der Waals surface area contributed by atoms with Crippen molar-refractivity contribution in [2.24, 2.45) is 28.6 Å². The quantitative estimate of drug-likeness (QED) is 0.242. The molecular formula is C33H50O3. The molecule has 0 aliphatic heterocycles. The monoisotopic (exact) mass is 494 g/mol. The number of hydrogen-bond acceptors (Lipinski definition) is 3. The van der Waals surface area contributed by atoms with Crippen LogP contribution in [0, 0.1) is 28.6 Å². The van der Waals surface area contributed by atoms with Crippen molar-refractivity contribution in [1.29, 1.82) is 0 Å². The first-order valence-electron chi connectivity index (χ1n) is 14.8. The fourth-order valence-corrected chi connectivity index (χ4v) is 7.80. The second kappa shape index (κ2) is 11.5.